The van der Waals surface area contributed by atoms with E-state index in [9.17, 15) is 4.79 Å². The summed E-state index contributed by atoms with van der Waals surface area (Å²) >= 11 is 0. The van der Waals surface area contributed by atoms with Gasteiger partial charge in [-0.25, -0.2) is 0 Å². The van der Waals surface area contributed by atoms with Gasteiger partial charge in [0.1, 0.15) is 5.75 Å². The van der Waals surface area contributed by atoms with E-state index in [1.807, 2.05) is 24.3 Å². The first-order valence-electron chi connectivity index (χ1n) is 8.58. The van der Waals surface area contributed by atoms with Crippen molar-refractivity contribution in [1.29, 1.82) is 0 Å². The van der Waals surface area contributed by atoms with Gasteiger partial charge in [0.05, 0.1) is 34.2 Å². The summed E-state index contributed by atoms with van der Waals surface area (Å²) in [6, 6.07) is 10.8. The Bertz CT molecular complexity index is 871. The van der Waals surface area contributed by atoms with Gasteiger partial charge in [0.2, 0.25) is 11.9 Å². The Kier molecular flexibility index (Phi) is 5.88. The number of oxime groups is 1. The lowest BCUT2D eigenvalue weighted by Crippen LogP contribution is -2.28. The van der Waals surface area contributed by atoms with Crippen LogP contribution in [0.5, 0.6) is 23.0 Å². The Balaban J connectivity index is 1.73. The minimum Gasteiger partial charge on any atom is -0.496 e. The molecule has 148 valence electrons. The molecule has 0 spiro atoms. The molecule has 8 nitrogen and oxygen atoms in total. The van der Waals surface area contributed by atoms with Crippen molar-refractivity contribution in [3.05, 3.63) is 42.0 Å². The Morgan fingerprint density at radius 3 is 2.25 bits per heavy atom. The maximum Gasteiger partial charge on any atom is 0.268 e. The van der Waals surface area contributed by atoms with E-state index < -0.39 is 6.10 Å². The number of anilines is 1. The molecule has 0 saturated heterocycles. The number of methoxy groups -OCH3 is 4. The summed E-state index contributed by atoms with van der Waals surface area (Å²) in [5, 5.41) is 6.86. The lowest BCUT2D eigenvalue weighted by atomic mass is 10.0. The zero-order valence-corrected chi connectivity index (χ0v) is 16.1. The molecule has 1 aliphatic rings. The largest absolute Gasteiger partial charge is 0.496 e. The van der Waals surface area contributed by atoms with Crippen LogP contribution in [0.15, 0.2) is 41.6 Å². The monoisotopic (exact) mass is 386 g/mol. The van der Waals surface area contributed by atoms with Gasteiger partial charge in [0.15, 0.2) is 11.5 Å². The fourth-order valence-electron chi connectivity index (χ4n) is 2.94. The highest BCUT2D eigenvalue weighted by atomic mass is 16.6. The van der Waals surface area contributed by atoms with Gasteiger partial charge in [-0.05, 0) is 12.1 Å². The van der Waals surface area contributed by atoms with Crippen molar-refractivity contribution >= 4 is 17.3 Å². The summed E-state index contributed by atoms with van der Waals surface area (Å²) in [6.45, 7) is 0. The van der Waals surface area contributed by atoms with Crippen LogP contribution in [0.2, 0.25) is 0 Å². The molecular formula is C20H22N2O6. The average molecular weight is 386 g/mol. The topological polar surface area (TPSA) is 87.6 Å². The summed E-state index contributed by atoms with van der Waals surface area (Å²) in [6.07, 6.45) is -0.421. The molecule has 0 aliphatic carbocycles. The summed E-state index contributed by atoms with van der Waals surface area (Å²) < 4.78 is 21.2. The van der Waals surface area contributed by atoms with Crippen molar-refractivity contribution in [2.75, 3.05) is 33.8 Å². The Morgan fingerprint density at radius 1 is 1.00 bits per heavy atom. The molecule has 1 amide bonds. The molecule has 2 aromatic rings. The minimum absolute atomic E-state index is 0.330. The number of hydrogen-bond acceptors (Lipinski definition) is 7. The van der Waals surface area contributed by atoms with Crippen LogP contribution >= 0.6 is 0 Å². The Morgan fingerprint density at radius 2 is 1.64 bits per heavy atom. The van der Waals surface area contributed by atoms with E-state index in [2.05, 4.69) is 10.5 Å². The van der Waals surface area contributed by atoms with Gasteiger partial charge < -0.3 is 29.1 Å². The van der Waals surface area contributed by atoms with Gasteiger partial charge in [0, 0.05) is 29.8 Å². The van der Waals surface area contributed by atoms with Crippen molar-refractivity contribution < 1.29 is 28.6 Å². The number of nitrogens with one attached hydrogen (secondary N) is 1. The van der Waals surface area contributed by atoms with E-state index in [1.54, 1.807) is 19.2 Å². The highest BCUT2D eigenvalue weighted by Gasteiger charge is 2.30. The van der Waals surface area contributed by atoms with Crippen molar-refractivity contribution in [1.82, 2.24) is 0 Å². The maximum atomic E-state index is 12.6. The number of hydrogen-bond donors (Lipinski definition) is 1. The zero-order valence-electron chi connectivity index (χ0n) is 16.1. The average Bonchev–Trinajstić information content (AvgIpc) is 3.23. The highest BCUT2D eigenvalue weighted by Crippen LogP contribution is 2.40. The molecule has 0 aromatic heterocycles. The van der Waals surface area contributed by atoms with Gasteiger partial charge in [-0.3, -0.25) is 4.79 Å². The third-order valence-corrected chi connectivity index (χ3v) is 4.31. The van der Waals surface area contributed by atoms with E-state index in [0.717, 1.165) is 5.56 Å². The predicted molar refractivity (Wildman–Crippen MR) is 104 cm³/mol. The van der Waals surface area contributed by atoms with E-state index in [4.69, 9.17) is 23.8 Å². The third-order valence-electron chi connectivity index (χ3n) is 4.31. The van der Waals surface area contributed by atoms with Crippen molar-refractivity contribution in [3.8, 4) is 23.0 Å². The van der Waals surface area contributed by atoms with Crippen LogP contribution in [0.4, 0.5) is 5.69 Å². The zero-order chi connectivity index (χ0) is 20.1. The first-order valence-corrected chi connectivity index (χ1v) is 8.58. The van der Waals surface area contributed by atoms with E-state index in [0.29, 0.717) is 40.8 Å². The molecule has 1 N–H and O–H groups in total. The van der Waals surface area contributed by atoms with Crippen LogP contribution in [0, 0.1) is 0 Å². The number of para-hydroxylation sites is 1. The number of ether oxygens (including phenoxy) is 4. The van der Waals surface area contributed by atoms with Crippen LogP contribution in [0.25, 0.3) is 0 Å². The first-order chi connectivity index (χ1) is 13.6. The van der Waals surface area contributed by atoms with Gasteiger partial charge in [0.25, 0.3) is 5.91 Å². The first kappa shape index (κ1) is 19.3. The van der Waals surface area contributed by atoms with Crippen molar-refractivity contribution in [2.45, 2.75) is 12.5 Å². The maximum absolute atomic E-state index is 12.6. The second-order valence-corrected chi connectivity index (χ2v) is 5.94. The van der Waals surface area contributed by atoms with Crippen molar-refractivity contribution in [2.24, 2.45) is 5.16 Å². The molecule has 0 fully saturated rings. The number of rotatable bonds is 7. The Labute approximate surface area is 163 Å². The summed E-state index contributed by atoms with van der Waals surface area (Å²) in [7, 11) is 6.12. The Hall–Kier alpha value is -3.42. The second-order valence-electron chi connectivity index (χ2n) is 5.94. The fourth-order valence-corrected chi connectivity index (χ4v) is 2.94. The highest BCUT2D eigenvalue weighted by molar-refractivity contribution is 6.07. The molecule has 8 heteroatoms. The molecule has 1 atom stereocenters. The lowest BCUT2D eigenvalue weighted by molar-refractivity contribution is -0.125. The molecule has 28 heavy (non-hydrogen) atoms. The minimum atomic E-state index is -0.751. The predicted octanol–water partition coefficient (Wildman–Crippen LogP) is 2.85. The molecule has 1 aliphatic heterocycles. The molecule has 0 bridgehead atoms. The van der Waals surface area contributed by atoms with Gasteiger partial charge in [-0.15, -0.1) is 0 Å². The van der Waals surface area contributed by atoms with Gasteiger partial charge >= 0.3 is 0 Å². The normalized spacial score (nSPS) is 15.3. The lowest BCUT2D eigenvalue weighted by Gasteiger charge is -2.15. The summed E-state index contributed by atoms with van der Waals surface area (Å²) in [5.41, 5.74) is 1.95. The molecule has 0 saturated carbocycles. The summed E-state index contributed by atoms with van der Waals surface area (Å²) in [4.78, 5) is 18.0. The van der Waals surface area contributed by atoms with Crippen LogP contribution < -0.4 is 24.3 Å². The molecule has 2 aromatic carbocycles. The quantitative estimate of drug-likeness (QED) is 0.787. The van der Waals surface area contributed by atoms with Crippen molar-refractivity contribution in [3.63, 3.8) is 0 Å². The number of amides is 1. The molecule has 1 heterocycles. The molecule has 0 radical (unpaired) electrons. The van der Waals surface area contributed by atoms with E-state index >= 15 is 0 Å². The number of benzene rings is 2. The van der Waals surface area contributed by atoms with Gasteiger partial charge in [-0.2, -0.15) is 0 Å². The second kappa shape index (κ2) is 8.51. The number of nitrogens with zero attached hydrogens (tertiary/aromatic N) is 1. The summed E-state index contributed by atoms with van der Waals surface area (Å²) in [5.74, 6) is 1.67. The number of carbonyl (C=O) groups excluding carboxylic acids is 1. The van der Waals surface area contributed by atoms with Crippen LogP contribution in [-0.4, -0.2) is 46.2 Å². The number of carbonyl (C=O) groups is 1. The standard InChI is InChI=1S/C20H22N2O6/c1-24-15-8-6-5-7-13(15)14-11-18(28-22-14)20(23)21-12-9-16(25-2)19(27-4)17(10-12)26-3/h5-10,18H,11H2,1-4H3,(H,21,23)/t18-/m0/s1. The van der Waals surface area contributed by atoms with E-state index in [-0.39, 0.29) is 5.91 Å². The van der Waals surface area contributed by atoms with Crippen LogP contribution in [0.1, 0.15) is 12.0 Å². The molecular weight excluding hydrogens is 364 g/mol. The SMILES string of the molecule is COc1ccccc1C1=NO[C@H](C(=O)Nc2cc(OC)c(OC)c(OC)c2)C1. The molecule has 0 unspecified atom stereocenters. The smallest absolute Gasteiger partial charge is 0.268 e. The van der Waals surface area contributed by atoms with Gasteiger partial charge in [-0.1, -0.05) is 17.3 Å². The molecule has 3 rings (SSSR count). The third kappa shape index (κ3) is 3.80. The van der Waals surface area contributed by atoms with Crippen LogP contribution in [-0.2, 0) is 9.63 Å². The fraction of sp³-hybridized carbons (Fsp3) is 0.300. The van der Waals surface area contributed by atoms with E-state index in [1.165, 1.54) is 21.3 Å². The van der Waals surface area contributed by atoms with Crippen LogP contribution in [0.3, 0.4) is 0 Å².